The number of anilines is 1. The largest absolute Gasteiger partial charge is 0.381 e. The lowest BCUT2D eigenvalue weighted by atomic mass is 10.1. The molecule has 0 bridgehead atoms. The van der Waals surface area contributed by atoms with Crippen molar-refractivity contribution >= 4 is 23.2 Å². The highest BCUT2D eigenvalue weighted by Gasteiger charge is 2.36. The monoisotopic (exact) mass is 397 g/mol. The molecule has 146 valence electrons. The predicted molar refractivity (Wildman–Crippen MR) is 110 cm³/mol. The van der Waals surface area contributed by atoms with Crippen molar-refractivity contribution in [3.8, 4) is 6.07 Å². The molecule has 28 heavy (non-hydrogen) atoms. The molecular weight excluding hydrogens is 374 g/mol. The fraction of sp³-hybridized carbons (Fsp3) is 0.364. The number of halogens is 1. The Morgan fingerprint density at radius 3 is 2.64 bits per heavy atom. The molecule has 1 N–H and O–H groups in total. The van der Waals surface area contributed by atoms with Crippen LogP contribution < -0.4 is 4.90 Å². The van der Waals surface area contributed by atoms with Gasteiger partial charge < -0.3 is 14.9 Å². The van der Waals surface area contributed by atoms with Crippen LogP contribution in [0.15, 0.2) is 48.5 Å². The van der Waals surface area contributed by atoms with Crippen LogP contribution in [0.4, 0.5) is 5.69 Å². The minimum absolute atomic E-state index is 0.0931. The third-order valence-corrected chi connectivity index (χ3v) is 5.33. The molecule has 5 nitrogen and oxygen atoms in total. The van der Waals surface area contributed by atoms with E-state index in [4.69, 9.17) is 16.9 Å². The Kier molecular flexibility index (Phi) is 5.93. The highest BCUT2D eigenvalue weighted by Crippen LogP contribution is 2.30. The molecule has 1 aliphatic heterocycles. The maximum atomic E-state index is 12.5. The van der Waals surface area contributed by atoms with Gasteiger partial charge in [-0.25, -0.2) is 0 Å². The van der Waals surface area contributed by atoms with Gasteiger partial charge >= 0.3 is 0 Å². The number of amides is 1. The van der Waals surface area contributed by atoms with Gasteiger partial charge in [-0.05, 0) is 44.0 Å². The van der Waals surface area contributed by atoms with Crippen molar-refractivity contribution in [3.05, 3.63) is 64.7 Å². The molecule has 1 atom stereocenters. The zero-order valence-corrected chi connectivity index (χ0v) is 16.9. The van der Waals surface area contributed by atoms with Crippen LogP contribution in [0.3, 0.4) is 0 Å². The molecule has 0 aromatic heterocycles. The second-order valence-electron chi connectivity index (χ2n) is 7.64. The number of carbonyl (C=O) groups is 1. The molecule has 3 rings (SSSR count). The summed E-state index contributed by atoms with van der Waals surface area (Å²) in [7, 11) is 0. The summed E-state index contributed by atoms with van der Waals surface area (Å²) in [6.07, 6.45) is 0.798. The van der Waals surface area contributed by atoms with E-state index in [2.05, 4.69) is 23.1 Å². The number of aliphatic hydroxyl groups is 1. The van der Waals surface area contributed by atoms with Crippen molar-refractivity contribution in [1.82, 2.24) is 4.90 Å². The molecule has 1 saturated heterocycles. The molecule has 0 radical (unpaired) electrons. The Balaban J connectivity index is 1.88. The van der Waals surface area contributed by atoms with E-state index in [-0.39, 0.29) is 11.9 Å². The average molecular weight is 398 g/mol. The van der Waals surface area contributed by atoms with E-state index in [9.17, 15) is 9.90 Å². The molecule has 1 unspecified atom stereocenters. The third-order valence-electron chi connectivity index (χ3n) is 5.02. The van der Waals surface area contributed by atoms with E-state index >= 15 is 0 Å². The summed E-state index contributed by atoms with van der Waals surface area (Å²) >= 11 is 6.28. The zero-order chi connectivity index (χ0) is 20.3. The molecule has 0 saturated carbocycles. The minimum Gasteiger partial charge on any atom is -0.381 e. The van der Waals surface area contributed by atoms with E-state index in [1.807, 2.05) is 30.3 Å². The summed E-state index contributed by atoms with van der Waals surface area (Å²) in [6.45, 7) is 4.84. The van der Waals surface area contributed by atoms with Gasteiger partial charge in [0.2, 0.25) is 0 Å². The number of hydrogen-bond donors (Lipinski definition) is 1. The van der Waals surface area contributed by atoms with Gasteiger partial charge in [-0.2, -0.15) is 5.26 Å². The summed E-state index contributed by atoms with van der Waals surface area (Å²) < 4.78 is 0. The lowest BCUT2D eigenvalue weighted by molar-refractivity contribution is -0.146. The number of hydrogen-bond acceptors (Lipinski definition) is 4. The van der Waals surface area contributed by atoms with Crippen molar-refractivity contribution in [1.29, 1.82) is 5.26 Å². The number of likely N-dealkylation sites (tertiary alicyclic amines) is 1. The number of nitrogens with zero attached hydrogens (tertiary/aromatic N) is 3. The molecule has 2 aromatic carbocycles. The van der Waals surface area contributed by atoms with Gasteiger partial charge in [0.05, 0.1) is 10.6 Å². The van der Waals surface area contributed by atoms with Crippen LogP contribution in [0.2, 0.25) is 5.02 Å². The van der Waals surface area contributed by atoms with E-state index in [0.717, 1.165) is 17.7 Å². The van der Waals surface area contributed by atoms with Crippen LogP contribution >= 0.6 is 11.6 Å². The molecule has 0 spiro atoms. The lowest BCUT2D eigenvalue weighted by Gasteiger charge is -2.32. The van der Waals surface area contributed by atoms with Crippen LogP contribution in [0.25, 0.3) is 0 Å². The summed E-state index contributed by atoms with van der Waals surface area (Å²) in [5, 5.41) is 19.6. The smallest absolute Gasteiger partial charge is 0.254 e. The van der Waals surface area contributed by atoms with Gasteiger partial charge in [0.15, 0.2) is 0 Å². The van der Waals surface area contributed by atoms with Gasteiger partial charge in [-0.3, -0.25) is 4.79 Å². The molecule has 1 aliphatic rings. The Morgan fingerprint density at radius 2 is 2.04 bits per heavy atom. The maximum absolute atomic E-state index is 12.5. The maximum Gasteiger partial charge on any atom is 0.254 e. The summed E-state index contributed by atoms with van der Waals surface area (Å²) in [5.41, 5.74) is 1.12. The molecular formula is C22H24ClN3O2. The Bertz CT molecular complexity index is 887. The minimum atomic E-state index is -1.38. The summed E-state index contributed by atoms with van der Waals surface area (Å²) in [5.74, 6) is -0.257. The van der Waals surface area contributed by atoms with E-state index in [1.54, 1.807) is 11.0 Å². The van der Waals surface area contributed by atoms with E-state index < -0.39 is 5.60 Å². The van der Waals surface area contributed by atoms with Gasteiger partial charge in [0, 0.05) is 31.4 Å². The van der Waals surface area contributed by atoms with Crippen molar-refractivity contribution in [2.45, 2.75) is 38.5 Å². The summed E-state index contributed by atoms with van der Waals surface area (Å²) in [4.78, 5) is 16.4. The zero-order valence-electron chi connectivity index (χ0n) is 16.1. The lowest BCUT2D eigenvalue weighted by Crippen LogP contribution is -2.46. The molecule has 2 aromatic rings. The highest BCUT2D eigenvalue weighted by molar-refractivity contribution is 6.32. The van der Waals surface area contributed by atoms with Gasteiger partial charge in [-0.1, -0.05) is 41.9 Å². The SMILES string of the molecule is CC(C)(O)C(=O)N1CCC(N(Cc2ccccc2)c2ccc(C#N)c(Cl)c2)C1. The number of rotatable bonds is 5. The first kappa shape index (κ1) is 20.2. The molecule has 6 heteroatoms. The van der Waals surface area contributed by atoms with Crippen molar-refractivity contribution in [2.24, 2.45) is 0 Å². The average Bonchev–Trinajstić information content (AvgIpc) is 3.15. The molecule has 1 fully saturated rings. The first-order valence-corrected chi connectivity index (χ1v) is 9.69. The molecule has 1 amide bonds. The normalized spacial score (nSPS) is 16.7. The van der Waals surface area contributed by atoms with Crippen molar-refractivity contribution < 1.29 is 9.90 Å². The van der Waals surface area contributed by atoms with Crippen LogP contribution in [0.1, 0.15) is 31.4 Å². The van der Waals surface area contributed by atoms with Crippen LogP contribution in [0, 0.1) is 11.3 Å². The fourth-order valence-corrected chi connectivity index (χ4v) is 3.77. The van der Waals surface area contributed by atoms with Crippen LogP contribution in [0.5, 0.6) is 0 Å². The Hall–Kier alpha value is -2.55. The standard InChI is InChI=1S/C22H24ClN3O2/c1-22(2,28)21(27)25-11-10-19(15-25)26(14-16-6-4-3-5-7-16)18-9-8-17(13-24)20(23)12-18/h3-9,12,19,28H,10-11,14-15H2,1-2H3. The topological polar surface area (TPSA) is 67.6 Å². The number of nitriles is 1. The van der Waals surface area contributed by atoms with Gasteiger partial charge in [0.1, 0.15) is 11.7 Å². The second-order valence-corrected chi connectivity index (χ2v) is 8.05. The Labute approximate surface area is 170 Å². The second kappa shape index (κ2) is 8.22. The quantitative estimate of drug-likeness (QED) is 0.837. The van der Waals surface area contributed by atoms with E-state index in [1.165, 1.54) is 13.8 Å². The molecule has 0 aliphatic carbocycles. The first-order valence-electron chi connectivity index (χ1n) is 9.31. The van der Waals surface area contributed by atoms with E-state index in [0.29, 0.717) is 30.2 Å². The molecule has 1 heterocycles. The van der Waals surface area contributed by atoms with Gasteiger partial charge in [0.25, 0.3) is 5.91 Å². The summed E-state index contributed by atoms with van der Waals surface area (Å²) in [6, 6.07) is 17.7. The highest BCUT2D eigenvalue weighted by atomic mass is 35.5. The fourth-order valence-electron chi connectivity index (χ4n) is 3.55. The number of carbonyl (C=O) groups excluding carboxylic acids is 1. The third kappa shape index (κ3) is 4.46. The van der Waals surface area contributed by atoms with Gasteiger partial charge in [-0.15, -0.1) is 0 Å². The Morgan fingerprint density at radius 1 is 1.32 bits per heavy atom. The first-order chi connectivity index (χ1) is 13.3. The predicted octanol–water partition coefficient (Wildman–Crippen LogP) is 3.59. The number of benzene rings is 2. The van der Waals surface area contributed by atoms with Crippen LogP contribution in [-0.4, -0.2) is 40.6 Å². The van der Waals surface area contributed by atoms with Crippen LogP contribution in [-0.2, 0) is 11.3 Å². The van der Waals surface area contributed by atoms with Crippen molar-refractivity contribution in [2.75, 3.05) is 18.0 Å². The van der Waals surface area contributed by atoms with Crippen molar-refractivity contribution in [3.63, 3.8) is 0 Å².